The third-order valence-corrected chi connectivity index (χ3v) is 5.51. The van der Waals surface area contributed by atoms with E-state index in [0.717, 1.165) is 0 Å². The van der Waals surface area contributed by atoms with Gasteiger partial charge in [-0.25, -0.2) is 0 Å². The van der Waals surface area contributed by atoms with Gasteiger partial charge in [0.25, 0.3) is 0 Å². The van der Waals surface area contributed by atoms with E-state index in [0.29, 0.717) is 11.8 Å². The molecule has 1 N–H and O–H groups in total. The third kappa shape index (κ3) is 2.40. The highest BCUT2D eigenvalue weighted by molar-refractivity contribution is 6.14. The number of H-pyrrole nitrogens is 1. The minimum atomic E-state index is 0.415. The Balaban J connectivity index is 1.83. The van der Waals surface area contributed by atoms with Crippen molar-refractivity contribution in [3.63, 3.8) is 0 Å². The first-order valence-electron chi connectivity index (χ1n) is 9.26. The fraction of sp³-hybridized carbons (Fsp3) is 0.120. The fourth-order valence-corrected chi connectivity index (χ4v) is 4.18. The highest BCUT2D eigenvalue weighted by atomic mass is 14.7. The number of rotatable bonds is 2. The summed E-state index contributed by atoms with van der Waals surface area (Å²) >= 11 is 0. The molecule has 4 aromatic rings. The largest absolute Gasteiger partial charge is 0.354 e. The number of fused-ring (bicyclic) bond motifs is 3. The second-order valence-electron chi connectivity index (χ2n) is 7.18. The molecule has 2 atom stereocenters. The van der Waals surface area contributed by atoms with E-state index in [1.165, 1.54) is 38.5 Å². The number of allylic oxidation sites excluding steroid dienone is 4. The molecule has 0 spiro atoms. The Kier molecular flexibility index (Phi) is 3.53. The number of nitrogens with one attached hydrogen (secondary N) is 1. The van der Waals surface area contributed by atoms with Gasteiger partial charge >= 0.3 is 0 Å². The molecule has 1 heterocycles. The van der Waals surface area contributed by atoms with Crippen LogP contribution in [0, 0.1) is 5.92 Å². The standard InChI is InChI=1S/C25H21N/c1-17-9-5-6-12-20(17)19-15-22(18-10-3-2-4-11-18)25-21-13-7-8-14-23(21)26-24(25)16-19/h2-17,20,26H,1H3. The zero-order valence-electron chi connectivity index (χ0n) is 14.8. The Morgan fingerprint density at radius 3 is 2.38 bits per heavy atom. The van der Waals surface area contributed by atoms with Crippen LogP contribution in [0.1, 0.15) is 18.4 Å². The summed E-state index contributed by atoms with van der Waals surface area (Å²) in [4.78, 5) is 3.64. The van der Waals surface area contributed by atoms with E-state index in [4.69, 9.17) is 0 Å². The van der Waals surface area contributed by atoms with Crippen LogP contribution in [0.2, 0.25) is 0 Å². The van der Waals surface area contributed by atoms with Gasteiger partial charge in [-0.2, -0.15) is 0 Å². The van der Waals surface area contributed by atoms with Crippen LogP contribution in [0.25, 0.3) is 32.9 Å². The Bertz CT molecular complexity index is 1140. The number of aromatic nitrogens is 1. The maximum atomic E-state index is 3.64. The number of aromatic amines is 1. The molecule has 26 heavy (non-hydrogen) atoms. The van der Waals surface area contributed by atoms with Crippen LogP contribution in [0.4, 0.5) is 0 Å². The summed E-state index contributed by atoms with van der Waals surface area (Å²) in [7, 11) is 0. The molecule has 0 fully saturated rings. The lowest BCUT2D eigenvalue weighted by Crippen LogP contribution is -2.07. The summed E-state index contributed by atoms with van der Waals surface area (Å²) in [5.74, 6) is 0.920. The summed E-state index contributed by atoms with van der Waals surface area (Å²) in [6.07, 6.45) is 8.94. The zero-order valence-corrected chi connectivity index (χ0v) is 14.8. The molecule has 0 radical (unpaired) electrons. The molecule has 1 nitrogen and oxygen atoms in total. The molecule has 0 saturated carbocycles. The molecular formula is C25H21N. The van der Waals surface area contributed by atoms with Crippen molar-refractivity contribution in [1.82, 2.24) is 4.98 Å². The van der Waals surface area contributed by atoms with Crippen molar-refractivity contribution in [2.45, 2.75) is 12.8 Å². The smallest absolute Gasteiger partial charge is 0.0474 e. The molecule has 0 amide bonds. The highest BCUT2D eigenvalue weighted by Crippen LogP contribution is 2.39. The summed E-state index contributed by atoms with van der Waals surface area (Å²) in [6, 6.07) is 24.1. The van der Waals surface area contributed by atoms with Crippen molar-refractivity contribution in [2.75, 3.05) is 0 Å². The van der Waals surface area contributed by atoms with E-state index in [9.17, 15) is 0 Å². The predicted molar refractivity (Wildman–Crippen MR) is 111 cm³/mol. The van der Waals surface area contributed by atoms with Gasteiger partial charge in [-0.05, 0) is 40.8 Å². The van der Waals surface area contributed by atoms with E-state index < -0.39 is 0 Å². The van der Waals surface area contributed by atoms with Crippen molar-refractivity contribution in [2.24, 2.45) is 5.92 Å². The van der Waals surface area contributed by atoms with Crippen molar-refractivity contribution < 1.29 is 0 Å². The summed E-state index contributed by atoms with van der Waals surface area (Å²) in [6.45, 7) is 2.29. The molecule has 3 aromatic carbocycles. The molecule has 1 heteroatoms. The SMILES string of the molecule is CC1C=CC=CC1c1cc(-c2ccccc2)c2c(c1)[nH]c1ccccc12. The first-order chi connectivity index (χ1) is 12.8. The summed E-state index contributed by atoms with van der Waals surface area (Å²) in [5, 5.41) is 2.61. The van der Waals surface area contributed by atoms with Crippen molar-refractivity contribution in [3.8, 4) is 11.1 Å². The predicted octanol–water partition coefficient (Wildman–Crippen LogP) is 6.83. The molecular weight excluding hydrogens is 314 g/mol. The number of para-hydroxylation sites is 1. The van der Waals surface area contributed by atoms with E-state index >= 15 is 0 Å². The summed E-state index contributed by atoms with van der Waals surface area (Å²) in [5.41, 5.74) is 6.37. The number of hydrogen-bond acceptors (Lipinski definition) is 0. The van der Waals surface area contributed by atoms with E-state index in [1.807, 2.05) is 0 Å². The van der Waals surface area contributed by atoms with Gasteiger partial charge in [-0.15, -0.1) is 0 Å². The average Bonchev–Trinajstić information content (AvgIpc) is 3.07. The second-order valence-corrected chi connectivity index (χ2v) is 7.18. The number of benzene rings is 3. The number of hydrogen-bond donors (Lipinski definition) is 1. The van der Waals surface area contributed by atoms with Crippen LogP contribution < -0.4 is 0 Å². The lowest BCUT2D eigenvalue weighted by atomic mass is 9.82. The highest BCUT2D eigenvalue weighted by Gasteiger charge is 2.20. The monoisotopic (exact) mass is 335 g/mol. The Morgan fingerprint density at radius 1 is 0.769 bits per heavy atom. The molecule has 0 aliphatic heterocycles. The minimum absolute atomic E-state index is 0.415. The fourth-order valence-electron chi connectivity index (χ4n) is 4.18. The maximum absolute atomic E-state index is 3.64. The van der Waals surface area contributed by atoms with Crippen LogP contribution in [0.3, 0.4) is 0 Å². The molecule has 126 valence electrons. The van der Waals surface area contributed by atoms with E-state index in [2.05, 4.69) is 103 Å². The molecule has 0 saturated heterocycles. The van der Waals surface area contributed by atoms with E-state index in [1.54, 1.807) is 0 Å². The van der Waals surface area contributed by atoms with Crippen LogP contribution >= 0.6 is 0 Å². The van der Waals surface area contributed by atoms with Crippen molar-refractivity contribution in [1.29, 1.82) is 0 Å². The van der Waals surface area contributed by atoms with Gasteiger partial charge < -0.3 is 4.98 Å². The zero-order chi connectivity index (χ0) is 17.5. The topological polar surface area (TPSA) is 15.8 Å². The molecule has 5 rings (SSSR count). The Labute approximate surface area is 153 Å². The molecule has 1 aromatic heterocycles. The van der Waals surface area contributed by atoms with Crippen molar-refractivity contribution >= 4 is 21.8 Å². The average molecular weight is 335 g/mol. The van der Waals surface area contributed by atoms with Crippen LogP contribution in [-0.4, -0.2) is 4.98 Å². The second kappa shape index (κ2) is 6.03. The molecule has 1 aliphatic rings. The first kappa shape index (κ1) is 15.2. The van der Waals surface area contributed by atoms with Crippen LogP contribution in [-0.2, 0) is 0 Å². The lowest BCUT2D eigenvalue weighted by Gasteiger charge is -2.22. The van der Waals surface area contributed by atoms with Crippen molar-refractivity contribution in [3.05, 3.63) is 96.6 Å². The minimum Gasteiger partial charge on any atom is -0.354 e. The quantitative estimate of drug-likeness (QED) is 0.413. The lowest BCUT2D eigenvalue weighted by molar-refractivity contribution is 0.636. The normalized spacial score (nSPS) is 19.4. The summed E-state index contributed by atoms with van der Waals surface area (Å²) < 4.78 is 0. The van der Waals surface area contributed by atoms with Gasteiger partial charge in [0.1, 0.15) is 0 Å². The maximum Gasteiger partial charge on any atom is 0.0474 e. The molecule has 0 bridgehead atoms. The Hall–Kier alpha value is -3.06. The third-order valence-electron chi connectivity index (χ3n) is 5.51. The first-order valence-corrected chi connectivity index (χ1v) is 9.26. The van der Waals surface area contributed by atoms with Gasteiger partial charge in [-0.1, -0.05) is 79.8 Å². The van der Waals surface area contributed by atoms with Gasteiger partial charge in [0.15, 0.2) is 0 Å². The van der Waals surface area contributed by atoms with Gasteiger partial charge in [-0.3, -0.25) is 0 Å². The van der Waals surface area contributed by atoms with Gasteiger partial charge in [0, 0.05) is 27.7 Å². The van der Waals surface area contributed by atoms with E-state index in [-0.39, 0.29) is 0 Å². The van der Waals surface area contributed by atoms with Crippen LogP contribution in [0.5, 0.6) is 0 Å². The molecule has 2 unspecified atom stereocenters. The molecule has 1 aliphatic carbocycles. The van der Waals surface area contributed by atoms with Crippen LogP contribution in [0.15, 0.2) is 91.0 Å². The van der Waals surface area contributed by atoms with Gasteiger partial charge in [0.2, 0.25) is 0 Å². The van der Waals surface area contributed by atoms with Gasteiger partial charge in [0.05, 0.1) is 0 Å². The Morgan fingerprint density at radius 2 is 1.54 bits per heavy atom.